The maximum absolute atomic E-state index is 8.32. The summed E-state index contributed by atoms with van der Waals surface area (Å²) in [5.41, 5.74) is 2.53. The number of benzene rings is 1. The number of oxime groups is 2. The normalized spacial score (nSPS) is 11.5. The van der Waals surface area contributed by atoms with Gasteiger partial charge in [0.05, 0.1) is 12.4 Å². The van der Waals surface area contributed by atoms with Gasteiger partial charge in [-0.15, -0.1) is 0 Å². The Morgan fingerprint density at radius 3 is 1.85 bits per heavy atom. The highest BCUT2D eigenvalue weighted by Crippen LogP contribution is 2.06. The van der Waals surface area contributed by atoms with Crippen molar-refractivity contribution in [2.24, 2.45) is 10.3 Å². The molecule has 0 radical (unpaired) electrons. The van der Waals surface area contributed by atoms with Crippen molar-refractivity contribution in [3.05, 3.63) is 34.9 Å². The van der Waals surface area contributed by atoms with Crippen LogP contribution in [0.4, 0.5) is 0 Å². The van der Waals surface area contributed by atoms with Crippen LogP contribution < -0.4 is 0 Å². The first-order valence-electron chi connectivity index (χ1n) is 3.73. The summed E-state index contributed by atoms with van der Waals surface area (Å²) in [7, 11) is 0. The van der Waals surface area contributed by atoms with Crippen LogP contribution in [0, 0.1) is 6.92 Å². The minimum atomic E-state index is 0.761. The highest BCUT2D eigenvalue weighted by atomic mass is 16.4. The maximum Gasteiger partial charge on any atom is 0.0734 e. The van der Waals surface area contributed by atoms with Crippen LogP contribution in [0.5, 0.6) is 0 Å². The van der Waals surface area contributed by atoms with Gasteiger partial charge in [0.15, 0.2) is 0 Å². The standard InChI is InChI=1S/C9H10N2O2/c1-7-2-8(5-10-12)4-9(3-7)6-11-13/h2-6,12-13H,1H3/b10-5+,11-6+. The molecule has 0 amide bonds. The first-order chi connectivity index (χ1) is 6.26. The van der Waals surface area contributed by atoms with Crippen molar-refractivity contribution in [1.82, 2.24) is 0 Å². The predicted octanol–water partition coefficient (Wildman–Crippen LogP) is 1.61. The summed E-state index contributed by atoms with van der Waals surface area (Å²) in [6.07, 6.45) is 2.64. The van der Waals surface area contributed by atoms with Gasteiger partial charge in [0.2, 0.25) is 0 Å². The first kappa shape index (κ1) is 9.25. The molecule has 13 heavy (non-hydrogen) atoms. The smallest absolute Gasteiger partial charge is 0.0734 e. The first-order valence-corrected chi connectivity index (χ1v) is 3.73. The second-order valence-electron chi connectivity index (χ2n) is 2.67. The van der Waals surface area contributed by atoms with E-state index >= 15 is 0 Å². The van der Waals surface area contributed by atoms with Crippen LogP contribution in [-0.2, 0) is 0 Å². The second kappa shape index (κ2) is 4.25. The lowest BCUT2D eigenvalue weighted by Crippen LogP contribution is -1.88. The molecule has 4 heteroatoms. The Bertz CT molecular complexity index is 315. The van der Waals surface area contributed by atoms with E-state index in [0.717, 1.165) is 16.7 Å². The molecule has 0 fully saturated rings. The largest absolute Gasteiger partial charge is 0.411 e. The Balaban J connectivity index is 3.10. The van der Waals surface area contributed by atoms with E-state index in [9.17, 15) is 0 Å². The molecule has 0 aliphatic carbocycles. The molecule has 1 aromatic carbocycles. The molecule has 0 spiro atoms. The van der Waals surface area contributed by atoms with Crippen LogP contribution >= 0.6 is 0 Å². The van der Waals surface area contributed by atoms with Gasteiger partial charge in [0.25, 0.3) is 0 Å². The number of hydrogen-bond acceptors (Lipinski definition) is 4. The lowest BCUT2D eigenvalue weighted by atomic mass is 10.1. The summed E-state index contributed by atoms with van der Waals surface area (Å²) in [4.78, 5) is 0. The number of rotatable bonds is 2. The summed E-state index contributed by atoms with van der Waals surface area (Å²) in [6, 6.07) is 5.45. The van der Waals surface area contributed by atoms with Gasteiger partial charge >= 0.3 is 0 Å². The van der Waals surface area contributed by atoms with Crippen molar-refractivity contribution in [2.75, 3.05) is 0 Å². The average molecular weight is 178 g/mol. The Morgan fingerprint density at radius 1 is 1.00 bits per heavy atom. The molecule has 0 aliphatic rings. The third-order valence-corrected chi connectivity index (χ3v) is 1.54. The van der Waals surface area contributed by atoms with Crippen LogP contribution in [-0.4, -0.2) is 22.8 Å². The molecule has 0 saturated carbocycles. The van der Waals surface area contributed by atoms with E-state index in [4.69, 9.17) is 10.4 Å². The van der Waals surface area contributed by atoms with Crippen LogP contribution in [0.25, 0.3) is 0 Å². The topological polar surface area (TPSA) is 65.2 Å². The third-order valence-electron chi connectivity index (χ3n) is 1.54. The molecule has 0 aromatic heterocycles. The molecular weight excluding hydrogens is 168 g/mol. The SMILES string of the molecule is Cc1cc(/C=N/O)cc(/C=N/O)c1. The fraction of sp³-hybridized carbons (Fsp3) is 0.111. The van der Waals surface area contributed by atoms with Crippen molar-refractivity contribution in [1.29, 1.82) is 0 Å². The predicted molar refractivity (Wildman–Crippen MR) is 49.9 cm³/mol. The van der Waals surface area contributed by atoms with Gasteiger partial charge in [-0.2, -0.15) is 0 Å². The molecule has 1 aromatic rings. The molecule has 2 N–H and O–H groups in total. The Morgan fingerprint density at radius 2 is 1.46 bits per heavy atom. The number of nitrogens with zero attached hydrogens (tertiary/aromatic N) is 2. The van der Waals surface area contributed by atoms with Gasteiger partial charge in [-0.05, 0) is 29.7 Å². The van der Waals surface area contributed by atoms with E-state index in [1.165, 1.54) is 12.4 Å². The lowest BCUT2D eigenvalue weighted by molar-refractivity contribution is 0.322. The van der Waals surface area contributed by atoms with Crippen LogP contribution in [0.3, 0.4) is 0 Å². The molecule has 68 valence electrons. The molecule has 0 unspecified atom stereocenters. The van der Waals surface area contributed by atoms with Crippen LogP contribution in [0.1, 0.15) is 16.7 Å². The van der Waals surface area contributed by atoms with Gasteiger partial charge in [0, 0.05) is 0 Å². The van der Waals surface area contributed by atoms with Gasteiger partial charge in [-0.25, -0.2) is 0 Å². The Hall–Kier alpha value is -1.84. The van der Waals surface area contributed by atoms with Gasteiger partial charge < -0.3 is 10.4 Å². The zero-order valence-corrected chi connectivity index (χ0v) is 7.18. The van der Waals surface area contributed by atoms with Crippen molar-refractivity contribution in [3.8, 4) is 0 Å². The van der Waals surface area contributed by atoms with Crippen molar-refractivity contribution in [3.63, 3.8) is 0 Å². The fourth-order valence-electron chi connectivity index (χ4n) is 1.13. The third kappa shape index (κ3) is 2.59. The summed E-state index contributed by atoms with van der Waals surface area (Å²) in [5.74, 6) is 0. The molecule has 1 rings (SSSR count). The minimum Gasteiger partial charge on any atom is -0.411 e. The Labute approximate surface area is 75.8 Å². The molecule has 0 bridgehead atoms. The summed E-state index contributed by atoms with van der Waals surface area (Å²) in [6.45, 7) is 1.91. The minimum absolute atomic E-state index is 0.761. The molecule has 0 aliphatic heterocycles. The van der Waals surface area contributed by atoms with E-state index in [2.05, 4.69) is 10.3 Å². The quantitative estimate of drug-likeness (QED) is 0.410. The van der Waals surface area contributed by atoms with Gasteiger partial charge in [-0.1, -0.05) is 22.4 Å². The van der Waals surface area contributed by atoms with Crippen molar-refractivity contribution < 1.29 is 10.4 Å². The molecule has 0 saturated heterocycles. The lowest BCUT2D eigenvalue weighted by Gasteiger charge is -1.98. The van der Waals surface area contributed by atoms with E-state index in [0.29, 0.717) is 0 Å². The van der Waals surface area contributed by atoms with E-state index < -0.39 is 0 Å². The van der Waals surface area contributed by atoms with Crippen LogP contribution in [0.15, 0.2) is 28.5 Å². The molecule has 0 atom stereocenters. The molecular formula is C9H10N2O2. The zero-order chi connectivity index (χ0) is 9.68. The Kier molecular flexibility index (Phi) is 3.03. The van der Waals surface area contributed by atoms with E-state index in [-0.39, 0.29) is 0 Å². The van der Waals surface area contributed by atoms with Gasteiger partial charge in [-0.3, -0.25) is 0 Å². The number of aryl methyl sites for hydroxylation is 1. The van der Waals surface area contributed by atoms with E-state index in [1.54, 1.807) is 6.07 Å². The summed E-state index contributed by atoms with van der Waals surface area (Å²) < 4.78 is 0. The van der Waals surface area contributed by atoms with Gasteiger partial charge in [0.1, 0.15) is 0 Å². The zero-order valence-electron chi connectivity index (χ0n) is 7.18. The fourth-order valence-corrected chi connectivity index (χ4v) is 1.13. The van der Waals surface area contributed by atoms with Crippen molar-refractivity contribution >= 4 is 12.4 Å². The average Bonchev–Trinajstić information content (AvgIpc) is 2.04. The monoisotopic (exact) mass is 178 g/mol. The van der Waals surface area contributed by atoms with E-state index in [1.807, 2.05) is 19.1 Å². The van der Waals surface area contributed by atoms with Crippen LogP contribution in [0.2, 0.25) is 0 Å². The second-order valence-corrected chi connectivity index (χ2v) is 2.67. The number of hydrogen-bond donors (Lipinski definition) is 2. The maximum atomic E-state index is 8.32. The summed E-state index contributed by atoms with van der Waals surface area (Å²) in [5, 5.41) is 22.5. The van der Waals surface area contributed by atoms with Crippen molar-refractivity contribution in [2.45, 2.75) is 6.92 Å². The highest BCUT2D eigenvalue weighted by molar-refractivity contribution is 5.86. The molecule has 0 heterocycles. The molecule has 4 nitrogen and oxygen atoms in total. The highest BCUT2D eigenvalue weighted by Gasteiger charge is 1.94. The summed E-state index contributed by atoms with van der Waals surface area (Å²) >= 11 is 0.